The van der Waals surface area contributed by atoms with Crippen molar-refractivity contribution in [2.75, 3.05) is 0 Å². The van der Waals surface area contributed by atoms with Gasteiger partial charge < -0.3 is 9.97 Å². The van der Waals surface area contributed by atoms with Crippen LogP contribution in [0.1, 0.15) is 17.3 Å². The Hall–Kier alpha value is -3.48. The topological polar surface area (TPSA) is 31.6 Å². The summed E-state index contributed by atoms with van der Waals surface area (Å²) in [6.07, 6.45) is 6.58. The molecule has 0 aliphatic heterocycles. The normalized spacial score (nSPS) is 16.8. The van der Waals surface area contributed by atoms with Crippen LogP contribution in [0, 0.1) is 0 Å². The number of benzene rings is 2. The highest BCUT2D eigenvalue weighted by Gasteiger charge is 2.19. The van der Waals surface area contributed by atoms with Crippen molar-refractivity contribution in [3.63, 3.8) is 0 Å². The number of para-hydroxylation sites is 2. The summed E-state index contributed by atoms with van der Waals surface area (Å²) in [6, 6.07) is 21.1. The number of allylic oxidation sites excluding steroid dienone is 5. The van der Waals surface area contributed by atoms with Gasteiger partial charge in [0, 0.05) is 39.3 Å². The zero-order valence-electron chi connectivity index (χ0n) is 14.3. The van der Waals surface area contributed by atoms with Crippen molar-refractivity contribution in [3.05, 3.63) is 108 Å². The summed E-state index contributed by atoms with van der Waals surface area (Å²) in [7, 11) is 0. The molecule has 2 aromatic heterocycles. The second kappa shape index (κ2) is 5.80. The molecule has 0 amide bonds. The maximum Gasteiger partial charge on any atom is 0.0497 e. The maximum atomic E-state index is 3.92. The summed E-state index contributed by atoms with van der Waals surface area (Å²) in [5.74, 6) is 0.146. The molecule has 2 aromatic carbocycles. The number of aromatic amines is 2. The van der Waals surface area contributed by atoms with Crippen molar-refractivity contribution in [2.24, 2.45) is 0 Å². The Morgan fingerprint density at radius 1 is 0.846 bits per heavy atom. The summed E-state index contributed by atoms with van der Waals surface area (Å²) < 4.78 is 0. The summed E-state index contributed by atoms with van der Waals surface area (Å²) in [5.41, 5.74) is 9.96. The van der Waals surface area contributed by atoms with Crippen LogP contribution in [0.15, 0.2) is 96.8 Å². The lowest BCUT2D eigenvalue weighted by atomic mass is 9.88. The monoisotopic (exact) mass is 334 g/mol. The molecular formula is C24H18N2. The molecular weight excluding hydrogens is 316 g/mol. The van der Waals surface area contributed by atoms with Gasteiger partial charge in [0.15, 0.2) is 0 Å². The number of H-pyrrole nitrogens is 2. The van der Waals surface area contributed by atoms with Crippen molar-refractivity contribution in [1.29, 1.82) is 0 Å². The third kappa shape index (κ3) is 2.36. The van der Waals surface area contributed by atoms with E-state index in [-0.39, 0.29) is 5.92 Å². The van der Waals surface area contributed by atoms with E-state index in [4.69, 9.17) is 0 Å². The second-order valence-corrected chi connectivity index (χ2v) is 6.65. The van der Waals surface area contributed by atoms with Gasteiger partial charge in [0.05, 0.1) is 0 Å². The van der Waals surface area contributed by atoms with Crippen LogP contribution in [0.5, 0.6) is 0 Å². The molecule has 5 rings (SSSR count). The van der Waals surface area contributed by atoms with E-state index in [9.17, 15) is 0 Å². The quantitative estimate of drug-likeness (QED) is 0.415. The molecule has 124 valence electrons. The van der Waals surface area contributed by atoms with Crippen LogP contribution in [0.2, 0.25) is 0 Å². The van der Waals surface area contributed by atoms with E-state index in [0.29, 0.717) is 0 Å². The Morgan fingerprint density at radius 2 is 1.54 bits per heavy atom. The minimum Gasteiger partial charge on any atom is -0.358 e. The molecule has 0 saturated carbocycles. The summed E-state index contributed by atoms with van der Waals surface area (Å²) in [6.45, 7) is 3.92. The molecule has 1 aliphatic carbocycles. The fraction of sp³-hybridized carbons (Fsp3) is 0.0417. The summed E-state index contributed by atoms with van der Waals surface area (Å²) >= 11 is 0. The first-order valence-electron chi connectivity index (χ1n) is 8.77. The Balaban J connectivity index is 1.54. The predicted molar refractivity (Wildman–Crippen MR) is 109 cm³/mol. The standard InChI is InChI=1S/C24H18N2/c1-2-16-13-19(23-14-17-7-3-5-9-21(17)25-23)11-12-20(16)24-15-18-8-4-6-10-22(18)26-24/h3-15,20,25-26H,1H2. The first-order valence-corrected chi connectivity index (χ1v) is 8.77. The van der Waals surface area contributed by atoms with Gasteiger partial charge >= 0.3 is 0 Å². The van der Waals surface area contributed by atoms with Crippen LogP contribution in [0.3, 0.4) is 0 Å². The number of fused-ring (bicyclic) bond motifs is 2. The summed E-state index contributed by atoms with van der Waals surface area (Å²) in [4.78, 5) is 7.03. The van der Waals surface area contributed by atoms with Crippen molar-refractivity contribution in [1.82, 2.24) is 9.97 Å². The van der Waals surface area contributed by atoms with Gasteiger partial charge in [-0.2, -0.15) is 0 Å². The van der Waals surface area contributed by atoms with Crippen LogP contribution in [0.4, 0.5) is 0 Å². The fourth-order valence-corrected chi connectivity index (χ4v) is 3.70. The Kier molecular flexibility index (Phi) is 3.31. The Labute approximate surface area is 151 Å². The van der Waals surface area contributed by atoms with Gasteiger partial charge in [0.1, 0.15) is 0 Å². The van der Waals surface area contributed by atoms with Crippen LogP contribution >= 0.6 is 0 Å². The van der Waals surface area contributed by atoms with E-state index in [1.165, 1.54) is 16.5 Å². The molecule has 0 spiro atoms. The lowest BCUT2D eigenvalue weighted by molar-refractivity contribution is 0.975. The number of hydrogen-bond acceptors (Lipinski definition) is 0. The van der Waals surface area contributed by atoms with Gasteiger partial charge in [-0.3, -0.25) is 0 Å². The third-order valence-corrected chi connectivity index (χ3v) is 5.05. The first kappa shape index (κ1) is 14.8. The molecule has 2 heteroatoms. The van der Waals surface area contributed by atoms with Gasteiger partial charge in [0.25, 0.3) is 0 Å². The smallest absolute Gasteiger partial charge is 0.0497 e. The predicted octanol–water partition coefficient (Wildman–Crippen LogP) is 6.10. The van der Waals surface area contributed by atoms with Gasteiger partial charge in [-0.15, -0.1) is 5.73 Å². The largest absolute Gasteiger partial charge is 0.358 e. The van der Waals surface area contributed by atoms with E-state index in [0.717, 1.165) is 27.9 Å². The zero-order valence-corrected chi connectivity index (χ0v) is 14.3. The van der Waals surface area contributed by atoms with E-state index in [2.05, 4.69) is 101 Å². The third-order valence-electron chi connectivity index (χ3n) is 5.05. The highest BCUT2D eigenvalue weighted by molar-refractivity contribution is 5.88. The molecule has 26 heavy (non-hydrogen) atoms. The molecule has 1 aliphatic rings. The Morgan fingerprint density at radius 3 is 2.23 bits per heavy atom. The number of aromatic nitrogens is 2. The highest BCUT2D eigenvalue weighted by Crippen LogP contribution is 2.35. The van der Waals surface area contributed by atoms with Gasteiger partial charge in [-0.05, 0) is 41.3 Å². The number of nitrogens with one attached hydrogen (secondary N) is 2. The molecule has 2 N–H and O–H groups in total. The molecule has 2 nitrogen and oxygen atoms in total. The second-order valence-electron chi connectivity index (χ2n) is 6.65. The molecule has 0 radical (unpaired) electrons. The molecule has 2 heterocycles. The minimum absolute atomic E-state index is 0.146. The van der Waals surface area contributed by atoms with Gasteiger partial charge in [-0.1, -0.05) is 55.1 Å². The maximum absolute atomic E-state index is 3.92. The van der Waals surface area contributed by atoms with E-state index in [1.807, 2.05) is 0 Å². The summed E-state index contributed by atoms with van der Waals surface area (Å²) in [5, 5.41) is 2.45. The average Bonchev–Trinajstić information content (AvgIpc) is 3.31. The molecule has 0 bridgehead atoms. The molecule has 1 unspecified atom stereocenters. The van der Waals surface area contributed by atoms with E-state index in [1.54, 1.807) is 0 Å². The van der Waals surface area contributed by atoms with E-state index < -0.39 is 0 Å². The highest BCUT2D eigenvalue weighted by atomic mass is 14.7. The number of hydrogen-bond donors (Lipinski definition) is 2. The lowest BCUT2D eigenvalue weighted by Gasteiger charge is -2.17. The van der Waals surface area contributed by atoms with Crippen molar-refractivity contribution in [3.8, 4) is 0 Å². The zero-order chi connectivity index (χ0) is 17.5. The van der Waals surface area contributed by atoms with Crippen LogP contribution < -0.4 is 0 Å². The van der Waals surface area contributed by atoms with Gasteiger partial charge in [-0.25, -0.2) is 0 Å². The fourth-order valence-electron chi connectivity index (χ4n) is 3.70. The SMILES string of the molecule is C=C=C1C=C(c2cc3ccccc3[nH]2)C=CC1c1cc2ccccc2[nH]1. The van der Waals surface area contributed by atoms with Crippen LogP contribution in [-0.4, -0.2) is 9.97 Å². The van der Waals surface area contributed by atoms with Crippen molar-refractivity contribution < 1.29 is 0 Å². The number of rotatable bonds is 2. The molecule has 0 saturated heterocycles. The van der Waals surface area contributed by atoms with E-state index >= 15 is 0 Å². The average molecular weight is 334 g/mol. The molecule has 4 aromatic rings. The van der Waals surface area contributed by atoms with Crippen molar-refractivity contribution in [2.45, 2.75) is 5.92 Å². The molecule has 1 atom stereocenters. The first-order chi connectivity index (χ1) is 12.8. The van der Waals surface area contributed by atoms with Crippen molar-refractivity contribution >= 4 is 27.4 Å². The van der Waals surface area contributed by atoms with Crippen LogP contribution in [0.25, 0.3) is 27.4 Å². The minimum atomic E-state index is 0.146. The van der Waals surface area contributed by atoms with Gasteiger partial charge in [0.2, 0.25) is 0 Å². The van der Waals surface area contributed by atoms with Crippen LogP contribution in [-0.2, 0) is 0 Å². The lowest BCUT2D eigenvalue weighted by Crippen LogP contribution is -2.02. The molecule has 0 fully saturated rings. The Bertz CT molecular complexity index is 1170.